The minimum Gasteiger partial charge on any atom is -0.497 e. The summed E-state index contributed by atoms with van der Waals surface area (Å²) in [6, 6.07) is 6.61. The molecule has 2 aliphatic rings. The van der Waals surface area contributed by atoms with Crippen LogP contribution in [0.4, 0.5) is 0 Å². The first-order valence-corrected chi connectivity index (χ1v) is 14.1. The number of sulfone groups is 1. The SMILES string of the molecule is COc1ccc(COC(=O)C2(CCC(C)=O)C(COC(C)=O)=C(CCC(C)=O)S(=O)(=O)[C@H]3[C@@H](Cl)C(=O)N32)cc1. The van der Waals surface area contributed by atoms with E-state index in [0.29, 0.717) is 11.3 Å². The van der Waals surface area contributed by atoms with E-state index in [-0.39, 0.29) is 54.3 Å². The molecular weight excluding hydrogens is 554 g/mol. The fourth-order valence-electron chi connectivity index (χ4n) is 4.72. The van der Waals surface area contributed by atoms with Gasteiger partial charge in [-0.05, 0) is 44.4 Å². The average Bonchev–Trinajstić information content (AvgIpc) is 2.88. The normalized spacial score (nSPS) is 23.4. The fraction of sp³-hybridized carbons (Fsp3) is 0.500. The van der Waals surface area contributed by atoms with Gasteiger partial charge in [0.25, 0.3) is 0 Å². The lowest BCUT2D eigenvalue weighted by molar-refractivity contribution is -0.172. The number of carbonyl (C=O) groups excluding carboxylic acids is 5. The summed E-state index contributed by atoms with van der Waals surface area (Å²) in [7, 11) is -2.86. The minimum absolute atomic E-state index is 0.199. The number of fused-ring (bicyclic) bond motifs is 1. The van der Waals surface area contributed by atoms with Crippen LogP contribution in [0.15, 0.2) is 34.7 Å². The van der Waals surface area contributed by atoms with Gasteiger partial charge in [0.05, 0.1) is 12.0 Å². The molecule has 1 aromatic carbocycles. The van der Waals surface area contributed by atoms with Crippen LogP contribution in [0.2, 0.25) is 0 Å². The van der Waals surface area contributed by atoms with Crippen LogP contribution in [0.5, 0.6) is 5.75 Å². The third-order valence-electron chi connectivity index (χ3n) is 6.72. The summed E-state index contributed by atoms with van der Waals surface area (Å²) in [6.45, 7) is 2.72. The lowest BCUT2D eigenvalue weighted by Gasteiger charge is -2.57. The van der Waals surface area contributed by atoms with Crippen molar-refractivity contribution in [2.45, 2.75) is 69.4 Å². The Morgan fingerprint density at radius 1 is 0.974 bits per heavy atom. The number of hydrogen-bond acceptors (Lipinski definition) is 10. The summed E-state index contributed by atoms with van der Waals surface area (Å²) in [5.41, 5.74) is -1.77. The molecule has 0 aliphatic carbocycles. The second-order valence-corrected chi connectivity index (χ2v) is 12.0. The molecule has 39 heavy (non-hydrogen) atoms. The molecule has 0 spiro atoms. The number of alkyl halides is 1. The molecule has 1 saturated heterocycles. The highest BCUT2D eigenvalue weighted by molar-refractivity contribution is 7.96. The summed E-state index contributed by atoms with van der Waals surface area (Å²) in [4.78, 5) is 63.3. The van der Waals surface area contributed by atoms with Gasteiger partial charge in [-0.1, -0.05) is 12.1 Å². The Kier molecular flexibility index (Phi) is 9.22. The first-order valence-electron chi connectivity index (χ1n) is 12.1. The number of amides is 1. The number of esters is 2. The minimum atomic E-state index is -4.35. The van der Waals surface area contributed by atoms with E-state index in [9.17, 15) is 32.4 Å². The summed E-state index contributed by atoms with van der Waals surface area (Å²) < 4.78 is 43.2. The number of ketones is 2. The number of halogens is 1. The van der Waals surface area contributed by atoms with E-state index in [1.54, 1.807) is 24.3 Å². The third-order valence-corrected chi connectivity index (χ3v) is 9.55. The van der Waals surface area contributed by atoms with Gasteiger partial charge in [0.15, 0.2) is 20.8 Å². The van der Waals surface area contributed by atoms with Crippen molar-refractivity contribution in [3.63, 3.8) is 0 Å². The maximum absolute atomic E-state index is 14.0. The van der Waals surface area contributed by atoms with Gasteiger partial charge in [-0.15, -0.1) is 11.6 Å². The molecule has 3 atom stereocenters. The van der Waals surface area contributed by atoms with Crippen molar-refractivity contribution in [1.82, 2.24) is 4.90 Å². The molecule has 2 aliphatic heterocycles. The van der Waals surface area contributed by atoms with Crippen molar-refractivity contribution < 1.29 is 46.6 Å². The van der Waals surface area contributed by atoms with Crippen LogP contribution in [0, 0.1) is 0 Å². The smallest absolute Gasteiger partial charge is 0.337 e. The van der Waals surface area contributed by atoms with Crippen molar-refractivity contribution in [3.05, 3.63) is 40.3 Å². The van der Waals surface area contributed by atoms with Crippen molar-refractivity contribution in [2.24, 2.45) is 0 Å². The van der Waals surface area contributed by atoms with Gasteiger partial charge in [0.2, 0.25) is 5.91 Å². The first-order chi connectivity index (χ1) is 18.3. The zero-order valence-electron chi connectivity index (χ0n) is 22.0. The number of ether oxygens (including phenoxy) is 3. The van der Waals surface area contributed by atoms with Crippen molar-refractivity contribution in [1.29, 1.82) is 0 Å². The fourth-order valence-corrected chi connectivity index (χ4v) is 7.59. The molecule has 13 heteroatoms. The van der Waals surface area contributed by atoms with E-state index in [1.807, 2.05) is 0 Å². The molecule has 0 N–H and O–H groups in total. The highest BCUT2D eigenvalue weighted by Crippen LogP contribution is 2.51. The van der Waals surface area contributed by atoms with E-state index in [2.05, 4.69) is 0 Å². The van der Waals surface area contributed by atoms with Crippen LogP contribution < -0.4 is 4.74 Å². The Balaban J connectivity index is 2.21. The van der Waals surface area contributed by atoms with Gasteiger partial charge in [-0.3, -0.25) is 9.59 Å². The molecule has 2 heterocycles. The zero-order chi connectivity index (χ0) is 29.1. The molecule has 1 fully saturated rings. The number of rotatable bonds is 12. The Morgan fingerprint density at radius 3 is 2.13 bits per heavy atom. The van der Waals surface area contributed by atoms with Gasteiger partial charge in [0, 0.05) is 25.3 Å². The molecular formula is C26H30ClNO10S. The van der Waals surface area contributed by atoms with Crippen LogP contribution in [0.3, 0.4) is 0 Å². The molecule has 0 saturated carbocycles. The Bertz CT molecular complexity index is 1320. The Morgan fingerprint density at radius 2 is 1.59 bits per heavy atom. The standard InChI is InChI=1S/C26H30ClNO10S/c1-15(29)5-10-21-20(14-37-17(3)31)26(12-11-16(2)30,28-23(32)22(27)24(28)39(21,34)35)25(33)38-13-18-6-8-19(36-4)9-7-18/h6-9,22,24H,5,10-14H2,1-4H3/t22-,24-,26?/m0/s1. The number of allylic oxidation sites excluding steroid dienone is 1. The Labute approximate surface area is 231 Å². The van der Waals surface area contributed by atoms with Crippen LogP contribution in [0.25, 0.3) is 0 Å². The molecule has 1 aromatic rings. The molecule has 3 rings (SSSR count). The monoisotopic (exact) mass is 583 g/mol. The quantitative estimate of drug-likeness (QED) is 0.203. The average molecular weight is 584 g/mol. The predicted octanol–water partition coefficient (Wildman–Crippen LogP) is 2.24. The van der Waals surface area contributed by atoms with Crippen LogP contribution in [-0.4, -0.2) is 72.7 Å². The maximum Gasteiger partial charge on any atom is 0.337 e. The summed E-state index contributed by atoms with van der Waals surface area (Å²) in [6.07, 6.45) is -1.09. The highest BCUT2D eigenvalue weighted by Gasteiger charge is 2.69. The van der Waals surface area contributed by atoms with Gasteiger partial charge in [0.1, 0.15) is 35.9 Å². The number of β-lactam (4-membered cyclic amide) rings is 1. The van der Waals surface area contributed by atoms with Crippen LogP contribution in [-0.2, 0) is 49.9 Å². The van der Waals surface area contributed by atoms with Crippen molar-refractivity contribution in [2.75, 3.05) is 13.7 Å². The number of nitrogens with zero attached hydrogens (tertiary/aromatic N) is 1. The highest BCUT2D eigenvalue weighted by atomic mass is 35.5. The summed E-state index contributed by atoms with van der Waals surface area (Å²) in [5, 5.41) is -3.13. The molecule has 212 valence electrons. The number of hydrogen-bond donors (Lipinski definition) is 0. The van der Waals surface area contributed by atoms with E-state index in [0.717, 1.165) is 11.8 Å². The zero-order valence-corrected chi connectivity index (χ0v) is 23.6. The number of benzene rings is 1. The molecule has 0 bridgehead atoms. The van der Waals surface area contributed by atoms with E-state index < -0.39 is 50.6 Å². The maximum atomic E-state index is 14.0. The van der Waals surface area contributed by atoms with Gasteiger partial charge < -0.3 is 28.7 Å². The number of methoxy groups -OCH3 is 1. The number of Topliss-reactive ketones (excluding diaryl/α,β-unsaturated/α-hetero) is 2. The van der Waals surface area contributed by atoms with Crippen LogP contribution in [0.1, 0.15) is 52.0 Å². The third kappa shape index (κ3) is 5.86. The van der Waals surface area contributed by atoms with E-state index in [1.165, 1.54) is 21.0 Å². The second kappa shape index (κ2) is 11.9. The van der Waals surface area contributed by atoms with Gasteiger partial charge in [-0.25, -0.2) is 13.2 Å². The van der Waals surface area contributed by atoms with Gasteiger partial charge >= 0.3 is 11.9 Å². The summed E-state index contributed by atoms with van der Waals surface area (Å²) in [5.74, 6) is -2.72. The first kappa shape index (κ1) is 30.3. The second-order valence-electron chi connectivity index (χ2n) is 9.42. The lowest BCUT2D eigenvalue weighted by atomic mass is 9.79. The predicted molar refractivity (Wildman–Crippen MR) is 138 cm³/mol. The molecule has 0 aromatic heterocycles. The van der Waals surface area contributed by atoms with E-state index >= 15 is 0 Å². The topological polar surface area (TPSA) is 150 Å². The Hall–Kier alpha value is -3.25. The van der Waals surface area contributed by atoms with Crippen LogP contribution >= 0.6 is 11.6 Å². The molecule has 11 nitrogen and oxygen atoms in total. The van der Waals surface area contributed by atoms with Crippen molar-refractivity contribution in [3.8, 4) is 5.75 Å². The number of carbonyl (C=O) groups is 5. The molecule has 1 amide bonds. The lowest BCUT2D eigenvalue weighted by Crippen LogP contribution is -2.78. The van der Waals surface area contributed by atoms with Gasteiger partial charge in [-0.2, -0.15) is 0 Å². The van der Waals surface area contributed by atoms with E-state index in [4.69, 9.17) is 25.8 Å². The largest absolute Gasteiger partial charge is 0.497 e. The van der Waals surface area contributed by atoms with Crippen molar-refractivity contribution >= 4 is 50.9 Å². The summed E-state index contributed by atoms with van der Waals surface area (Å²) >= 11 is 6.18. The molecule has 0 radical (unpaired) electrons. The molecule has 1 unspecified atom stereocenters.